The number of piperazine rings is 1. The minimum atomic E-state index is -0.415. The van der Waals surface area contributed by atoms with E-state index in [4.69, 9.17) is 18.9 Å². The van der Waals surface area contributed by atoms with Gasteiger partial charge < -0.3 is 39.4 Å². The van der Waals surface area contributed by atoms with Crippen LogP contribution in [0.4, 0.5) is 11.4 Å². The summed E-state index contributed by atoms with van der Waals surface area (Å²) in [7, 11) is 6.32. The van der Waals surface area contributed by atoms with E-state index in [0.29, 0.717) is 61.8 Å². The molecule has 1 aliphatic heterocycles. The molecule has 3 aromatic rings. The van der Waals surface area contributed by atoms with Crippen molar-refractivity contribution >= 4 is 23.2 Å². The highest BCUT2D eigenvalue weighted by atomic mass is 16.5. The van der Waals surface area contributed by atoms with Gasteiger partial charge in [-0.25, -0.2) is 0 Å². The first-order valence-corrected chi connectivity index (χ1v) is 15.0. The fraction of sp³-hybridized carbons (Fsp3) is 0.382. The van der Waals surface area contributed by atoms with Gasteiger partial charge in [0.25, 0.3) is 0 Å². The van der Waals surface area contributed by atoms with Crippen LogP contribution in [-0.2, 0) is 16.0 Å². The van der Waals surface area contributed by atoms with E-state index >= 15 is 0 Å². The minimum Gasteiger partial charge on any atom is -0.497 e. The monoisotopic (exact) mass is 616 g/mol. The van der Waals surface area contributed by atoms with Gasteiger partial charge in [-0.1, -0.05) is 12.1 Å². The molecule has 0 saturated carbocycles. The molecule has 1 saturated heterocycles. The molecule has 0 spiro atoms. The summed E-state index contributed by atoms with van der Waals surface area (Å²) in [5.41, 5.74) is 4.15. The molecule has 1 aliphatic carbocycles. The van der Waals surface area contributed by atoms with E-state index in [1.54, 1.807) is 45.5 Å². The number of carbonyl (C=O) groups is 2. The van der Waals surface area contributed by atoms with Gasteiger partial charge in [0.05, 0.1) is 46.7 Å². The Kier molecular flexibility index (Phi) is 9.65. The Hall–Kier alpha value is -4.93. The molecule has 0 aromatic heterocycles. The van der Waals surface area contributed by atoms with Crippen LogP contribution in [0.1, 0.15) is 30.5 Å². The molecule has 0 unspecified atom stereocenters. The molecule has 238 valence electrons. The van der Waals surface area contributed by atoms with E-state index < -0.39 is 6.04 Å². The first-order valence-electron chi connectivity index (χ1n) is 15.0. The SMILES string of the molecule is COc1cccc(N2CCN(C(=O)CNc3ccc4c(cc3=O)[C@@H](NC(C)=O)CCc3cc(OC)c(OC)c(OC)c3-4)CC2)c1. The van der Waals surface area contributed by atoms with Gasteiger partial charge in [-0.15, -0.1) is 0 Å². The molecule has 5 rings (SSSR count). The zero-order chi connectivity index (χ0) is 32.1. The van der Waals surface area contributed by atoms with E-state index in [1.165, 1.54) is 6.92 Å². The van der Waals surface area contributed by atoms with Crippen LogP contribution in [0.3, 0.4) is 0 Å². The van der Waals surface area contributed by atoms with Crippen molar-refractivity contribution < 1.29 is 28.5 Å². The van der Waals surface area contributed by atoms with Crippen molar-refractivity contribution in [2.24, 2.45) is 0 Å². The van der Waals surface area contributed by atoms with Crippen LogP contribution in [0.2, 0.25) is 0 Å². The number of anilines is 2. The van der Waals surface area contributed by atoms with Crippen LogP contribution in [0.25, 0.3) is 11.1 Å². The molecule has 0 radical (unpaired) electrons. The Labute approximate surface area is 263 Å². The zero-order valence-corrected chi connectivity index (χ0v) is 26.4. The van der Waals surface area contributed by atoms with Crippen molar-refractivity contribution in [3.8, 4) is 34.1 Å². The third-order valence-corrected chi connectivity index (χ3v) is 8.40. The molecule has 2 amide bonds. The largest absolute Gasteiger partial charge is 0.497 e. The third-order valence-electron chi connectivity index (χ3n) is 8.40. The molecule has 1 atom stereocenters. The molecule has 0 bridgehead atoms. The molecule has 11 heteroatoms. The lowest BCUT2D eigenvalue weighted by molar-refractivity contribution is -0.129. The second kappa shape index (κ2) is 13.8. The van der Waals surface area contributed by atoms with Crippen LogP contribution in [0, 0.1) is 0 Å². The van der Waals surface area contributed by atoms with Crippen LogP contribution < -0.4 is 39.9 Å². The summed E-state index contributed by atoms with van der Waals surface area (Å²) in [5, 5.41) is 6.09. The lowest BCUT2D eigenvalue weighted by Gasteiger charge is -2.36. The Morgan fingerprint density at radius 2 is 1.64 bits per heavy atom. The first-order chi connectivity index (χ1) is 21.8. The minimum absolute atomic E-state index is 0.0247. The summed E-state index contributed by atoms with van der Waals surface area (Å²) in [5.74, 6) is 1.95. The maximum atomic E-state index is 13.6. The number of amides is 2. The molecule has 2 N–H and O–H groups in total. The van der Waals surface area contributed by atoms with Gasteiger partial charge in [0, 0.05) is 50.4 Å². The number of carbonyl (C=O) groups excluding carboxylic acids is 2. The molecule has 2 aliphatic rings. The highest BCUT2D eigenvalue weighted by Gasteiger charge is 2.29. The number of methoxy groups -OCH3 is 4. The fourth-order valence-electron chi connectivity index (χ4n) is 6.16. The molecule has 1 fully saturated rings. The number of hydrogen-bond acceptors (Lipinski definition) is 9. The summed E-state index contributed by atoms with van der Waals surface area (Å²) < 4.78 is 22.4. The van der Waals surface area contributed by atoms with E-state index in [1.807, 2.05) is 36.4 Å². The summed E-state index contributed by atoms with van der Waals surface area (Å²) in [6.07, 6.45) is 1.17. The van der Waals surface area contributed by atoms with Gasteiger partial charge in [-0.05, 0) is 59.9 Å². The van der Waals surface area contributed by atoms with Gasteiger partial charge in [0.2, 0.25) is 23.0 Å². The average molecular weight is 617 g/mol. The smallest absolute Gasteiger partial charge is 0.241 e. The number of fused-ring (bicyclic) bond motifs is 3. The summed E-state index contributed by atoms with van der Waals surface area (Å²) >= 11 is 0. The number of hydrogen-bond donors (Lipinski definition) is 2. The molecular weight excluding hydrogens is 576 g/mol. The van der Waals surface area contributed by atoms with Gasteiger partial charge in [-0.2, -0.15) is 0 Å². The Bertz CT molecular complexity index is 1640. The Morgan fingerprint density at radius 3 is 2.31 bits per heavy atom. The van der Waals surface area contributed by atoms with Crippen LogP contribution in [-0.4, -0.2) is 77.9 Å². The number of aryl methyl sites for hydroxylation is 1. The predicted octanol–water partition coefficient (Wildman–Crippen LogP) is 3.63. The lowest BCUT2D eigenvalue weighted by atomic mass is 9.95. The second-order valence-corrected chi connectivity index (χ2v) is 11.0. The number of ether oxygens (including phenoxy) is 4. The predicted molar refractivity (Wildman–Crippen MR) is 173 cm³/mol. The van der Waals surface area contributed by atoms with Gasteiger partial charge in [0.15, 0.2) is 11.5 Å². The molecule has 45 heavy (non-hydrogen) atoms. The van der Waals surface area contributed by atoms with Crippen molar-refractivity contribution in [2.45, 2.75) is 25.8 Å². The molecular formula is C34H40N4O7. The molecule has 3 aromatic carbocycles. The van der Waals surface area contributed by atoms with Crippen LogP contribution >= 0.6 is 0 Å². The summed E-state index contributed by atoms with van der Waals surface area (Å²) in [6, 6.07) is 14.4. The van der Waals surface area contributed by atoms with E-state index in [2.05, 4.69) is 15.5 Å². The maximum absolute atomic E-state index is 13.6. The highest BCUT2D eigenvalue weighted by Crippen LogP contribution is 2.50. The second-order valence-electron chi connectivity index (χ2n) is 11.0. The molecule has 1 heterocycles. The van der Waals surface area contributed by atoms with Gasteiger partial charge in [-0.3, -0.25) is 14.4 Å². The van der Waals surface area contributed by atoms with E-state index in [9.17, 15) is 14.4 Å². The Morgan fingerprint density at radius 1 is 0.889 bits per heavy atom. The Balaban J connectivity index is 1.40. The number of nitrogens with one attached hydrogen (secondary N) is 2. The van der Waals surface area contributed by atoms with E-state index in [0.717, 1.165) is 28.1 Å². The molecule has 11 nitrogen and oxygen atoms in total. The number of benzene rings is 2. The normalized spacial score (nSPS) is 15.6. The van der Waals surface area contributed by atoms with E-state index in [-0.39, 0.29) is 29.5 Å². The zero-order valence-electron chi connectivity index (χ0n) is 26.4. The van der Waals surface area contributed by atoms with Crippen molar-refractivity contribution in [1.82, 2.24) is 10.2 Å². The average Bonchev–Trinajstić information content (AvgIpc) is 3.30. The van der Waals surface area contributed by atoms with Crippen molar-refractivity contribution in [1.29, 1.82) is 0 Å². The topological polar surface area (TPSA) is 119 Å². The highest BCUT2D eigenvalue weighted by molar-refractivity contribution is 5.84. The number of nitrogens with zero attached hydrogens (tertiary/aromatic N) is 2. The lowest BCUT2D eigenvalue weighted by Crippen LogP contribution is -2.50. The summed E-state index contributed by atoms with van der Waals surface area (Å²) in [6.45, 7) is 3.96. The first kappa shape index (κ1) is 31.5. The van der Waals surface area contributed by atoms with Crippen LogP contribution in [0.5, 0.6) is 23.0 Å². The number of rotatable bonds is 9. The third kappa shape index (κ3) is 6.62. The summed E-state index contributed by atoms with van der Waals surface area (Å²) in [4.78, 5) is 43.0. The van der Waals surface area contributed by atoms with Gasteiger partial charge in [0.1, 0.15) is 5.75 Å². The van der Waals surface area contributed by atoms with Crippen molar-refractivity contribution in [3.05, 3.63) is 69.9 Å². The standard InChI is InChI=1S/C34H40N4O7/c1-21(39)36-27-11-9-22-17-30(43-3)33(44-4)34(45-5)32(22)25-10-12-28(29(40)19-26(25)27)35-20-31(41)38-15-13-37(14-16-38)23-7-6-8-24(18-23)42-2/h6-8,10,12,17-19,27H,9,11,13-16,20H2,1-5H3,(H,35,40)(H,36,39)/t27-/m0/s1. The maximum Gasteiger partial charge on any atom is 0.241 e. The van der Waals surface area contributed by atoms with Gasteiger partial charge >= 0.3 is 0 Å². The fourth-order valence-corrected chi connectivity index (χ4v) is 6.16. The van der Waals surface area contributed by atoms with Crippen molar-refractivity contribution in [2.75, 3.05) is 71.4 Å². The quantitative estimate of drug-likeness (QED) is 0.372. The van der Waals surface area contributed by atoms with Crippen LogP contribution in [0.15, 0.2) is 53.3 Å². The van der Waals surface area contributed by atoms with Crippen molar-refractivity contribution in [3.63, 3.8) is 0 Å².